The van der Waals surface area contributed by atoms with E-state index >= 15 is 0 Å². The summed E-state index contributed by atoms with van der Waals surface area (Å²) in [5, 5.41) is 6.02. The number of carbonyl (C=O) groups is 1. The predicted octanol–water partition coefficient (Wildman–Crippen LogP) is 2.02. The molecule has 0 atom stereocenters. The Morgan fingerprint density at radius 2 is 2.06 bits per heavy atom. The number of halogens is 1. The number of benzene rings is 1. The largest absolute Gasteiger partial charge is 0.398 e. The molecule has 0 aliphatic heterocycles. The van der Waals surface area contributed by atoms with E-state index in [9.17, 15) is 4.79 Å². The van der Waals surface area contributed by atoms with E-state index in [0.29, 0.717) is 13.1 Å². The van der Waals surface area contributed by atoms with Crippen molar-refractivity contribution in [2.24, 2.45) is 0 Å². The van der Waals surface area contributed by atoms with Crippen molar-refractivity contribution in [3.63, 3.8) is 0 Å². The van der Waals surface area contributed by atoms with Crippen molar-refractivity contribution in [3.8, 4) is 0 Å². The molecule has 6 heteroatoms. The molecular weight excluding hydrogens is 296 g/mol. The van der Waals surface area contributed by atoms with Gasteiger partial charge < -0.3 is 21.3 Å². The van der Waals surface area contributed by atoms with Crippen molar-refractivity contribution in [2.45, 2.75) is 6.92 Å². The first-order valence-electron chi connectivity index (χ1n) is 5.66. The molecule has 1 aromatic rings. The minimum Gasteiger partial charge on any atom is -0.398 e. The summed E-state index contributed by atoms with van der Waals surface area (Å²) in [5.41, 5.74) is 8.55. The molecule has 0 heterocycles. The van der Waals surface area contributed by atoms with E-state index in [-0.39, 0.29) is 6.03 Å². The minimum atomic E-state index is -0.0932. The number of hydrogen-bond acceptors (Lipinski definition) is 3. The summed E-state index contributed by atoms with van der Waals surface area (Å²) >= 11 is 3.45. The molecule has 18 heavy (non-hydrogen) atoms. The molecule has 5 nitrogen and oxygen atoms in total. The number of nitrogens with one attached hydrogen (secondary N) is 2. The number of hydrogen-bond donors (Lipinski definition) is 3. The lowest BCUT2D eigenvalue weighted by molar-refractivity contribution is 0.218. The Morgan fingerprint density at radius 1 is 1.39 bits per heavy atom. The second-order valence-corrected chi connectivity index (χ2v) is 5.10. The number of rotatable bonds is 4. The fourth-order valence-corrected chi connectivity index (χ4v) is 1.86. The second kappa shape index (κ2) is 6.49. The van der Waals surface area contributed by atoms with E-state index in [0.717, 1.165) is 21.4 Å². The number of nitrogen functional groups attached to an aromatic ring is 1. The lowest BCUT2D eigenvalue weighted by Gasteiger charge is -2.14. The van der Waals surface area contributed by atoms with Crippen molar-refractivity contribution in [3.05, 3.63) is 22.2 Å². The SMILES string of the molecule is Cc1cc(NCCNC(=O)N(C)C)c(Br)cc1N. The van der Waals surface area contributed by atoms with Crippen LogP contribution in [0.4, 0.5) is 16.2 Å². The first kappa shape index (κ1) is 14.6. The molecule has 0 saturated carbocycles. The Bertz CT molecular complexity index is 434. The van der Waals surface area contributed by atoms with E-state index in [1.165, 1.54) is 4.90 Å². The maximum atomic E-state index is 11.3. The van der Waals surface area contributed by atoms with Crippen LogP contribution in [0.15, 0.2) is 16.6 Å². The standard InChI is InChI=1S/C12H19BrN4O/c1-8-6-11(9(13)7-10(8)14)15-4-5-16-12(18)17(2)3/h6-7,15H,4-5,14H2,1-3H3,(H,16,18). The van der Waals surface area contributed by atoms with Crippen LogP contribution >= 0.6 is 15.9 Å². The Balaban J connectivity index is 2.45. The quantitative estimate of drug-likeness (QED) is 0.588. The number of aryl methyl sites for hydroxylation is 1. The zero-order valence-electron chi connectivity index (χ0n) is 10.9. The highest BCUT2D eigenvalue weighted by Gasteiger charge is 2.04. The summed E-state index contributed by atoms with van der Waals surface area (Å²) in [7, 11) is 3.42. The van der Waals surface area contributed by atoms with Gasteiger partial charge in [0.1, 0.15) is 0 Å². The van der Waals surface area contributed by atoms with E-state index in [4.69, 9.17) is 5.73 Å². The third kappa shape index (κ3) is 4.10. The molecule has 0 bridgehead atoms. The van der Waals surface area contributed by atoms with Gasteiger partial charge in [-0.3, -0.25) is 0 Å². The second-order valence-electron chi connectivity index (χ2n) is 4.24. The lowest BCUT2D eigenvalue weighted by Crippen LogP contribution is -2.37. The summed E-state index contributed by atoms with van der Waals surface area (Å²) in [6, 6.07) is 3.76. The molecule has 0 aliphatic carbocycles. The molecule has 1 rings (SSSR count). The van der Waals surface area contributed by atoms with Gasteiger partial charge >= 0.3 is 6.03 Å². The monoisotopic (exact) mass is 314 g/mol. The van der Waals surface area contributed by atoms with Gasteiger partial charge in [-0.05, 0) is 40.5 Å². The van der Waals surface area contributed by atoms with Gasteiger partial charge in [0.05, 0.1) is 0 Å². The van der Waals surface area contributed by atoms with Crippen molar-refractivity contribution in [2.75, 3.05) is 38.2 Å². The topological polar surface area (TPSA) is 70.4 Å². The molecule has 0 aliphatic rings. The first-order valence-corrected chi connectivity index (χ1v) is 6.45. The van der Waals surface area contributed by atoms with Gasteiger partial charge in [-0.1, -0.05) is 0 Å². The van der Waals surface area contributed by atoms with Gasteiger partial charge in [-0.2, -0.15) is 0 Å². The molecule has 100 valence electrons. The van der Waals surface area contributed by atoms with Crippen molar-refractivity contribution in [1.82, 2.24) is 10.2 Å². The summed E-state index contributed by atoms with van der Waals surface area (Å²) in [5.74, 6) is 0. The molecule has 1 aromatic carbocycles. The van der Waals surface area contributed by atoms with Crippen molar-refractivity contribution in [1.29, 1.82) is 0 Å². The molecule has 4 N–H and O–H groups in total. The highest BCUT2D eigenvalue weighted by atomic mass is 79.9. The average molecular weight is 315 g/mol. The molecule has 0 saturated heterocycles. The highest BCUT2D eigenvalue weighted by molar-refractivity contribution is 9.10. The molecule has 0 unspecified atom stereocenters. The Hall–Kier alpha value is -1.43. The van der Waals surface area contributed by atoms with Crippen LogP contribution in [-0.4, -0.2) is 38.1 Å². The van der Waals surface area contributed by atoms with E-state index in [1.54, 1.807) is 14.1 Å². The third-order valence-electron chi connectivity index (χ3n) is 2.48. The smallest absolute Gasteiger partial charge is 0.316 e. The number of amides is 2. The Kier molecular flexibility index (Phi) is 5.27. The number of anilines is 2. The Labute approximate surface area is 116 Å². The van der Waals surface area contributed by atoms with Crippen LogP contribution < -0.4 is 16.4 Å². The zero-order valence-corrected chi connectivity index (χ0v) is 12.5. The number of nitrogens with two attached hydrogens (primary N) is 1. The summed E-state index contributed by atoms with van der Waals surface area (Å²) in [6.07, 6.45) is 0. The predicted molar refractivity (Wildman–Crippen MR) is 78.9 cm³/mol. The summed E-state index contributed by atoms with van der Waals surface area (Å²) in [6.45, 7) is 3.18. The number of carbonyl (C=O) groups excluding carboxylic acids is 1. The maximum Gasteiger partial charge on any atom is 0.316 e. The van der Waals surface area contributed by atoms with Gasteiger partial charge in [0, 0.05) is 43.0 Å². The fraction of sp³-hybridized carbons (Fsp3) is 0.417. The van der Waals surface area contributed by atoms with Gasteiger partial charge in [0.15, 0.2) is 0 Å². The molecule has 2 amide bonds. The van der Waals surface area contributed by atoms with E-state index in [1.807, 2.05) is 19.1 Å². The summed E-state index contributed by atoms with van der Waals surface area (Å²) in [4.78, 5) is 12.8. The molecule has 0 spiro atoms. The number of nitrogens with zero attached hydrogens (tertiary/aromatic N) is 1. The van der Waals surface area contributed by atoms with Crippen LogP contribution in [0.5, 0.6) is 0 Å². The van der Waals surface area contributed by atoms with Crippen LogP contribution in [0.1, 0.15) is 5.56 Å². The molecule has 0 aromatic heterocycles. The van der Waals surface area contributed by atoms with E-state index in [2.05, 4.69) is 26.6 Å². The number of urea groups is 1. The van der Waals surface area contributed by atoms with Crippen LogP contribution in [0.25, 0.3) is 0 Å². The lowest BCUT2D eigenvalue weighted by atomic mass is 10.2. The van der Waals surface area contributed by atoms with Crippen molar-refractivity contribution >= 4 is 33.3 Å². The van der Waals surface area contributed by atoms with Crippen LogP contribution in [0.2, 0.25) is 0 Å². The minimum absolute atomic E-state index is 0.0932. The van der Waals surface area contributed by atoms with Gasteiger partial charge in [0.2, 0.25) is 0 Å². The van der Waals surface area contributed by atoms with Gasteiger partial charge in [-0.15, -0.1) is 0 Å². The van der Waals surface area contributed by atoms with Gasteiger partial charge in [-0.25, -0.2) is 4.79 Å². The molecule has 0 fully saturated rings. The van der Waals surface area contributed by atoms with Gasteiger partial charge in [0.25, 0.3) is 0 Å². The maximum absolute atomic E-state index is 11.3. The van der Waals surface area contributed by atoms with Crippen LogP contribution in [0.3, 0.4) is 0 Å². The summed E-state index contributed by atoms with van der Waals surface area (Å²) < 4.78 is 0.921. The van der Waals surface area contributed by atoms with E-state index < -0.39 is 0 Å². The first-order chi connectivity index (χ1) is 8.41. The molecular formula is C12H19BrN4O. The van der Waals surface area contributed by atoms with Crippen LogP contribution in [0, 0.1) is 6.92 Å². The fourth-order valence-electron chi connectivity index (χ4n) is 1.36. The average Bonchev–Trinajstić information content (AvgIpc) is 2.30. The highest BCUT2D eigenvalue weighted by Crippen LogP contribution is 2.27. The zero-order chi connectivity index (χ0) is 13.7. The van der Waals surface area contributed by atoms with Crippen molar-refractivity contribution < 1.29 is 4.79 Å². The molecule has 0 radical (unpaired) electrons. The Morgan fingerprint density at radius 3 is 2.67 bits per heavy atom. The normalized spacial score (nSPS) is 10.0. The third-order valence-corrected chi connectivity index (χ3v) is 3.13. The van der Waals surface area contributed by atoms with Crippen LogP contribution in [-0.2, 0) is 0 Å².